The summed E-state index contributed by atoms with van der Waals surface area (Å²) in [7, 11) is 0. The van der Waals surface area contributed by atoms with Crippen LogP contribution in [0.2, 0.25) is 0 Å². The molecule has 0 bridgehead atoms. The highest BCUT2D eigenvalue weighted by molar-refractivity contribution is 5.76. The van der Waals surface area contributed by atoms with Gasteiger partial charge in [-0.3, -0.25) is 9.69 Å². The number of rotatable bonds is 5. The molecule has 25 heavy (non-hydrogen) atoms. The summed E-state index contributed by atoms with van der Waals surface area (Å²) in [5.74, 6) is 1.34. The number of amides is 1. The van der Waals surface area contributed by atoms with Gasteiger partial charge in [-0.25, -0.2) is 0 Å². The maximum atomic E-state index is 12.1. The van der Waals surface area contributed by atoms with Gasteiger partial charge in [-0.15, -0.1) is 0 Å². The molecule has 1 aliphatic rings. The second-order valence-corrected chi connectivity index (χ2v) is 6.60. The number of benzene rings is 1. The van der Waals surface area contributed by atoms with Crippen LogP contribution in [0.1, 0.15) is 32.2 Å². The number of nitrogens with zero attached hydrogens (tertiary/aromatic N) is 4. The molecule has 7 nitrogen and oxygen atoms in total. The lowest BCUT2D eigenvalue weighted by atomic mass is 10.2. The predicted molar refractivity (Wildman–Crippen MR) is 94.6 cm³/mol. The fraction of sp³-hybridized carbons (Fsp3) is 0.500. The van der Waals surface area contributed by atoms with Gasteiger partial charge in [0.05, 0.1) is 6.04 Å². The van der Waals surface area contributed by atoms with E-state index in [0.29, 0.717) is 31.2 Å². The van der Waals surface area contributed by atoms with Crippen LogP contribution in [0.4, 0.5) is 0 Å². The summed E-state index contributed by atoms with van der Waals surface area (Å²) < 4.78 is 5.46. The SMILES string of the molecule is CC(N)CC(=O)N1CCN(C(C)c2nc(-c3ccccc3)no2)CC1. The van der Waals surface area contributed by atoms with E-state index >= 15 is 0 Å². The van der Waals surface area contributed by atoms with E-state index in [2.05, 4.69) is 22.0 Å². The fourth-order valence-corrected chi connectivity index (χ4v) is 3.03. The zero-order valence-electron chi connectivity index (χ0n) is 14.8. The van der Waals surface area contributed by atoms with Crippen molar-refractivity contribution in [3.8, 4) is 11.4 Å². The Morgan fingerprint density at radius 2 is 1.88 bits per heavy atom. The van der Waals surface area contributed by atoms with Gasteiger partial charge < -0.3 is 15.2 Å². The van der Waals surface area contributed by atoms with Crippen molar-refractivity contribution >= 4 is 5.91 Å². The molecule has 2 unspecified atom stereocenters. The van der Waals surface area contributed by atoms with Crippen LogP contribution in [0.5, 0.6) is 0 Å². The van der Waals surface area contributed by atoms with Crippen LogP contribution in [0.25, 0.3) is 11.4 Å². The molecule has 2 N–H and O–H groups in total. The van der Waals surface area contributed by atoms with Crippen molar-refractivity contribution in [3.63, 3.8) is 0 Å². The number of carbonyl (C=O) groups excluding carboxylic acids is 1. The van der Waals surface area contributed by atoms with Crippen LogP contribution in [0, 0.1) is 0 Å². The minimum atomic E-state index is -0.0979. The lowest BCUT2D eigenvalue weighted by molar-refractivity contribution is -0.133. The third-order valence-corrected chi connectivity index (χ3v) is 4.54. The van der Waals surface area contributed by atoms with E-state index in [0.717, 1.165) is 18.7 Å². The molecule has 1 aliphatic heterocycles. The van der Waals surface area contributed by atoms with E-state index in [9.17, 15) is 4.79 Å². The Bertz CT molecular complexity index is 693. The topological polar surface area (TPSA) is 88.5 Å². The molecule has 0 spiro atoms. The Morgan fingerprint density at radius 1 is 1.20 bits per heavy atom. The molecule has 2 aromatic rings. The lowest BCUT2D eigenvalue weighted by Gasteiger charge is -2.37. The lowest BCUT2D eigenvalue weighted by Crippen LogP contribution is -2.50. The summed E-state index contributed by atoms with van der Waals surface area (Å²) in [6, 6.07) is 9.71. The molecular formula is C18H25N5O2. The van der Waals surface area contributed by atoms with E-state index < -0.39 is 0 Å². The van der Waals surface area contributed by atoms with Crippen molar-refractivity contribution in [2.45, 2.75) is 32.4 Å². The largest absolute Gasteiger partial charge is 0.340 e. The summed E-state index contributed by atoms with van der Waals surface area (Å²) >= 11 is 0. The van der Waals surface area contributed by atoms with Crippen molar-refractivity contribution in [2.24, 2.45) is 5.73 Å². The molecule has 0 radical (unpaired) electrons. The van der Waals surface area contributed by atoms with Gasteiger partial charge in [-0.2, -0.15) is 4.98 Å². The standard InChI is InChI=1S/C18H25N5O2/c1-13(19)12-16(24)23-10-8-22(9-11-23)14(2)18-20-17(21-25-18)15-6-4-3-5-7-15/h3-7,13-14H,8-12,19H2,1-2H3. The van der Waals surface area contributed by atoms with Crippen LogP contribution >= 0.6 is 0 Å². The zero-order chi connectivity index (χ0) is 17.8. The van der Waals surface area contributed by atoms with Crippen molar-refractivity contribution < 1.29 is 9.32 Å². The van der Waals surface area contributed by atoms with Crippen molar-refractivity contribution in [1.29, 1.82) is 0 Å². The highest BCUT2D eigenvalue weighted by Crippen LogP contribution is 2.23. The number of piperazine rings is 1. The molecule has 1 aromatic carbocycles. The Labute approximate surface area is 147 Å². The van der Waals surface area contributed by atoms with E-state index in [-0.39, 0.29) is 18.0 Å². The van der Waals surface area contributed by atoms with Gasteiger partial charge in [-0.1, -0.05) is 35.5 Å². The first kappa shape index (κ1) is 17.6. The third kappa shape index (κ3) is 4.24. The third-order valence-electron chi connectivity index (χ3n) is 4.54. The summed E-state index contributed by atoms with van der Waals surface area (Å²) in [5, 5.41) is 4.09. The molecule has 2 atom stereocenters. The summed E-state index contributed by atoms with van der Waals surface area (Å²) in [6.07, 6.45) is 0.402. The predicted octanol–water partition coefficient (Wildman–Crippen LogP) is 1.68. The Balaban J connectivity index is 1.59. The van der Waals surface area contributed by atoms with Crippen LogP contribution in [-0.4, -0.2) is 58.1 Å². The highest BCUT2D eigenvalue weighted by Gasteiger charge is 2.27. The van der Waals surface area contributed by atoms with Crippen LogP contribution in [-0.2, 0) is 4.79 Å². The van der Waals surface area contributed by atoms with E-state index in [1.807, 2.05) is 42.2 Å². The highest BCUT2D eigenvalue weighted by atomic mass is 16.5. The Morgan fingerprint density at radius 3 is 2.52 bits per heavy atom. The molecule has 1 saturated heterocycles. The molecule has 3 rings (SSSR count). The molecular weight excluding hydrogens is 318 g/mol. The summed E-state index contributed by atoms with van der Waals surface area (Å²) in [5.41, 5.74) is 6.66. The van der Waals surface area contributed by atoms with Crippen molar-refractivity contribution in [2.75, 3.05) is 26.2 Å². The minimum Gasteiger partial charge on any atom is -0.340 e. The first-order valence-electron chi connectivity index (χ1n) is 8.71. The van der Waals surface area contributed by atoms with Crippen LogP contribution < -0.4 is 5.73 Å². The normalized spacial score (nSPS) is 18.1. The molecule has 134 valence electrons. The van der Waals surface area contributed by atoms with Gasteiger partial charge in [0.25, 0.3) is 0 Å². The van der Waals surface area contributed by atoms with E-state index in [1.54, 1.807) is 0 Å². The van der Waals surface area contributed by atoms with Gasteiger partial charge in [0.2, 0.25) is 17.6 Å². The Kier molecular flexibility index (Phi) is 5.45. The van der Waals surface area contributed by atoms with E-state index in [4.69, 9.17) is 10.3 Å². The van der Waals surface area contributed by atoms with Gasteiger partial charge in [0.1, 0.15) is 0 Å². The quantitative estimate of drug-likeness (QED) is 0.888. The van der Waals surface area contributed by atoms with Gasteiger partial charge in [0.15, 0.2) is 0 Å². The molecule has 0 aliphatic carbocycles. The minimum absolute atomic E-state index is 0.0237. The number of aromatic nitrogens is 2. The summed E-state index contributed by atoms with van der Waals surface area (Å²) in [6.45, 7) is 6.90. The second kappa shape index (κ2) is 7.76. The number of hydrogen-bond acceptors (Lipinski definition) is 6. The second-order valence-electron chi connectivity index (χ2n) is 6.60. The van der Waals surface area contributed by atoms with Gasteiger partial charge >= 0.3 is 0 Å². The summed E-state index contributed by atoms with van der Waals surface area (Å²) in [4.78, 5) is 20.8. The van der Waals surface area contributed by atoms with Crippen molar-refractivity contribution in [1.82, 2.24) is 19.9 Å². The van der Waals surface area contributed by atoms with E-state index in [1.165, 1.54) is 0 Å². The molecule has 0 saturated carbocycles. The van der Waals surface area contributed by atoms with Crippen LogP contribution in [0.15, 0.2) is 34.9 Å². The number of carbonyl (C=O) groups is 1. The average Bonchev–Trinajstić information content (AvgIpc) is 3.11. The fourth-order valence-electron chi connectivity index (χ4n) is 3.03. The molecule has 7 heteroatoms. The maximum absolute atomic E-state index is 12.1. The monoisotopic (exact) mass is 343 g/mol. The average molecular weight is 343 g/mol. The maximum Gasteiger partial charge on any atom is 0.244 e. The first-order chi connectivity index (χ1) is 12.0. The molecule has 1 fully saturated rings. The number of hydrogen-bond donors (Lipinski definition) is 1. The molecule has 1 amide bonds. The van der Waals surface area contributed by atoms with Gasteiger partial charge in [-0.05, 0) is 13.8 Å². The first-order valence-corrected chi connectivity index (χ1v) is 8.71. The molecule has 2 heterocycles. The number of nitrogens with two attached hydrogens (primary N) is 1. The van der Waals surface area contributed by atoms with Crippen LogP contribution in [0.3, 0.4) is 0 Å². The molecule has 1 aromatic heterocycles. The zero-order valence-corrected chi connectivity index (χ0v) is 14.8. The smallest absolute Gasteiger partial charge is 0.244 e. The Hall–Kier alpha value is -2.25. The van der Waals surface area contributed by atoms with Gasteiger partial charge in [0, 0.05) is 44.2 Å². The van der Waals surface area contributed by atoms with Crippen molar-refractivity contribution in [3.05, 3.63) is 36.2 Å².